The van der Waals surface area contributed by atoms with Gasteiger partial charge >= 0.3 is 94.4 Å². The van der Waals surface area contributed by atoms with E-state index < -0.39 is 10.2 Å². The van der Waals surface area contributed by atoms with E-state index in [0.717, 1.165) is 0 Å². The molecule has 0 aliphatic heterocycles. The number of hydrogen-bond acceptors (Lipinski definition) is 4. The summed E-state index contributed by atoms with van der Waals surface area (Å²) in [5, 5.41) is 27.3. The van der Waals surface area contributed by atoms with Crippen molar-refractivity contribution in [3.8, 4) is 0 Å². The van der Waals surface area contributed by atoms with Gasteiger partial charge < -0.3 is 10.4 Å². The molecule has 10 heavy (non-hydrogen) atoms. The Hall–Kier alpha value is 1.45. The van der Waals surface area contributed by atoms with Crippen molar-refractivity contribution in [2.45, 2.75) is 0 Å². The van der Waals surface area contributed by atoms with Crippen LogP contribution in [0.25, 0.3) is 0 Å². The van der Waals surface area contributed by atoms with Crippen LogP contribution < -0.4 is 0 Å². The summed E-state index contributed by atoms with van der Waals surface area (Å²) in [7, 11) is 0. The minimum Gasteiger partial charge on any atom is -0.328 e. The molecule has 0 rings (SSSR count). The zero-order valence-corrected chi connectivity index (χ0v) is 12.8. The minimum absolute atomic E-state index is 0. The molecule has 0 aliphatic carbocycles. The van der Waals surface area contributed by atoms with Crippen molar-refractivity contribution < 1.29 is 20.6 Å². The Labute approximate surface area is 132 Å². The van der Waals surface area contributed by atoms with Crippen LogP contribution in [0.15, 0.2) is 0 Å². The molecule has 0 fully saturated rings. The summed E-state index contributed by atoms with van der Waals surface area (Å²) in [6.07, 6.45) is 0. The molecule has 0 radical (unpaired) electrons. The molecule has 0 unspecified atom stereocenters. The minimum atomic E-state index is -1.50. The molecule has 0 bridgehead atoms. The maximum Gasteiger partial charge on any atom is 2.00 e. The Morgan fingerprint density at radius 3 is 1.00 bits per heavy atom. The van der Waals surface area contributed by atoms with Gasteiger partial charge in [-0.25, -0.2) is 0 Å². The average Bonchev–Trinajstić information content (AvgIpc) is 1.25. The van der Waals surface area contributed by atoms with Crippen molar-refractivity contribution in [2.24, 2.45) is 0 Å². The molecule has 0 saturated carbocycles. The fourth-order valence-corrected chi connectivity index (χ4v) is 0. The molecule has 0 aliphatic rings. The van der Waals surface area contributed by atoms with Crippen LogP contribution in [-0.4, -0.2) is 115 Å². The molecular weight excluding hydrogens is 349 g/mol. The summed E-state index contributed by atoms with van der Waals surface area (Å²) in [5.74, 6) is 0. The van der Waals surface area contributed by atoms with Gasteiger partial charge in [-0.05, 0) is 0 Å². The topological polar surface area (TPSA) is 127 Å². The number of rotatable bonds is 0. The van der Waals surface area contributed by atoms with Crippen LogP contribution in [0.3, 0.4) is 0 Å². The van der Waals surface area contributed by atoms with Gasteiger partial charge in [0.25, 0.3) is 10.2 Å². The molecule has 0 spiro atoms. The molecular formula is H2BaN2O6Sr+4. The molecule has 8 nitrogen and oxygen atoms in total. The second kappa shape index (κ2) is 16.8. The SMILES string of the molecule is O=[N+]([O-])O.O=[N+]([O-])O.[Ba+2].[Sr+2]. The third-order valence-corrected chi connectivity index (χ3v) is 0. The van der Waals surface area contributed by atoms with E-state index in [1.54, 1.807) is 0 Å². The zero-order valence-electron chi connectivity index (χ0n) is 4.84. The Bertz CT molecular complexity index is 73.7. The van der Waals surface area contributed by atoms with Crippen molar-refractivity contribution in [3.05, 3.63) is 20.2 Å². The molecule has 2 N–H and O–H groups in total. The van der Waals surface area contributed by atoms with E-state index in [1.807, 2.05) is 0 Å². The van der Waals surface area contributed by atoms with E-state index in [1.165, 1.54) is 0 Å². The molecule has 0 amide bonds. The quantitative estimate of drug-likeness (QED) is 0.312. The van der Waals surface area contributed by atoms with Crippen LogP contribution in [0.4, 0.5) is 0 Å². The van der Waals surface area contributed by atoms with Gasteiger partial charge in [0.15, 0.2) is 0 Å². The Morgan fingerprint density at radius 2 is 1.00 bits per heavy atom. The van der Waals surface area contributed by atoms with Crippen molar-refractivity contribution in [3.63, 3.8) is 0 Å². The molecule has 0 saturated heterocycles. The molecule has 0 atom stereocenters. The standard InChI is InChI=1S/Ba.2HNO3.Sr/c;2*2-1(3)4;/h;2*(H,2,3,4);/q+2;;;+2. The van der Waals surface area contributed by atoms with Crippen molar-refractivity contribution in [1.29, 1.82) is 0 Å². The fraction of sp³-hybridized carbons (Fsp3) is 0. The van der Waals surface area contributed by atoms with Crippen molar-refractivity contribution in [2.75, 3.05) is 0 Å². The molecule has 48 valence electrons. The third-order valence-electron chi connectivity index (χ3n) is 0. The van der Waals surface area contributed by atoms with E-state index in [2.05, 4.69) is 0 Å². The summed E-state index contributed by atoms with van der Waals surface area (Å²) in [6.45, 7) is 0. The normalized spacial score (nSPS) is 4.80. The second-order valence-electron chi connectivity index (χ2n) is 0.476. The predicted molar refractivity (Wildman–Crippen MR) is 29.1 cm³/mol. The maximum absolute atomic E-state index is 8.36. The van der Waals surface area contributed by atoms with Gasteiger partial charge in [0.2, 0.25) is 0 Å². The van der Waals surface area contributed by atoms with E-state index in [4.69, 9.17) is 30.6 Å². The molecule has 10 heteroatoms. The van der Waals surface area contributed by atoms with Crippen LogP contribution in [0, 0.1) is 20.2 Å². The smallest absolute Gasteiger partial charge is 0.328 e. The van der Waals surface area contributed by atoms with E-state index in [0.29, 0.717) is 0 Å². The Kier molecular flexibility index (Phi) is 37.9. The van der Waals surface area contributed by atoms with E-state index >= 15 is 0 Å². The Balaban J connectivity index is -0.0000000300. The summed E-state index contributed by atoms with van der Waals surface area (Å²) < 4.78 is 0. The van der Waals surface area contributed by atoms with Crippen LogP contribution in [0.1, 0.15) is 0 Å². The van der Waals surface area contributed by atoms with Gasteiger partial charge in [-0.15, -0.1) is 20.2 Å². The van der Waals surface area contributed by atoms with Gasteiger partial charge in [0.1, 0.15) is 0 Å². The monoisotopic (exact) mass is 352 g/mol. The van der Waals surface area contributed by atoms with Gasteiger partial charge in [-0.2, -0.15) is 0 Å². The fourth-order valence-electron chi connectivity index (χ4n) is 0. The van der Waals surface area contributed by atoms with Crippen LogP contribution in [0.5, 0.6) is 0 Å². The first kappa shape index (κ1) is 22.5. The summed E-state index contributed by atoms with van der Waals surface area (Å²) >= 11 is 0. The van der Waals surface area contributed by atoms with Gasteiger partial charge in [0, 0.05) is 0 Å². The van der Waals surface area contributed by atoms with Crippen LogP contribution in [-0.2, 0) is 0 Å². The van der Waals surface area contributed by atoms with E-state index in [-0.39, 0.29) is 94.4 Å². The van der Waals surface area contributed by atoms with Gasteiger partial charge in [0.05, 0.1) is 0 Å². The van der Waals surface area contributed by atoms with Gasteiger partial charge in [-0.3, -0.25) is 0 Å². The van der Waals surface area contributed by atoms with Crippen molar-refractivity contribution >= 4 is 94.4 Å². The summed E-state index contributed by atoms with van der Waals surface area (Å²) in [6, 6.07) is 0. The first-order valence-electron chi connectivity index (χ1n) is 1.13. The molecule has 0 aromatic carbocycles. The summed E-state index contributed by atoms with van der Waals surface area (Å²) in [5.41, 5.74) is 0. The molecule has 0 heterocycles. The maximum atomic E-state index is 8.36. The Morgan fingerprint density at radius 1 is 1.00 bits per heavy atom. The summed E-state index contributed by atoms with van der Waals surface area (Å²) in [4.78, 5) is 16.7. The number of nitrogens with zero attached hydrogens (tertiary/aromatic N) is 2. The largest absolute Gasteiger partial charge is 2.00 e. The molecule has 0 aromatic heterocycles. The first-order chi connectivity index (χ1) is 3.46. The van der Waals surface area contributed by atoms with E-state index in [9.17, 15) is 0 Å². The number of hydrogen-bond donors (Lipinski definition) is 2. The second-order valence-corrected chi connectivity index (χ2v) is 0.476. The first-order valence-corrected chi connectivity index (χ1v) is 1.13. The third kappa shape index (κ3) is 320. The molecule has 0 aromatic rings. The average molecular weight is 351 g/mol. The van der Waals surface area contributed by atoms with Crippen LogP contribution >= 0.6 is 0 Å². The zero-order chi connectivity index (χ0) is 7.15. The van der Waals surface area contributed by atoms with Crippen LogP contribution in [0.2, 0.25) is 0 Å². The van der Waals surface area contributed by atoms with Gasteiger partial charge in [-0.1, -0.05) is 0 Å². The predicted octanol–water partition coefficient (Wildman–Crippen LogP) is -1.46. The van der Waals surface area contributed by atoms with Crippen molar-refractivity contribution in [1.82, 2.24) is 0 Å².